The van der Waals surface area contributed by atoms with Gasteiger partial charge in [0.15, 0.2) is 0 Å². The zero-order valence-corrected chi connectivity index (χ0v) is 12.6. The molecule has 0 saturated heterocycles. The molecule has 102 valence electrons. The van der Waals surface area contributed by atoms with Crippen LogP contribution >= 0.6 is 11.3 Å². The maximum Gasteiger partial charge on any atom is 0.271 e. The summed E-state index contributed by atoms with van der Waals surface area (Å²) in [6.45, 7) is 6.70. The fourth-order valence-corrected chi connectivity index (χ4v) is 3.48. The topological polar surface area (TPSA) is 34.9 Å². The van der Waals surface area contributed by atoms with Crippen molar-refractivity contribution in [3.63, 3.8) is 0 Å². The van der Waals surface area contributed by atoms with Crippen LogP contribution in [0.5, 0.6) is 0 Å². The van der Waals surface area contributed by atoms with E-state index in [2.05, 4.69) is 37.0 Å². The summed E-state index contributed by atoms with van der Waals surface area (Å²) < 4.78 is 2.43. The van der Waals surface area contributed by atoms with Gasteiger partial charge in [-0.3, -0.25) is 9.36 Å². The van der Waals surface area contributed by atoms with Gasteiger partial charge in [-0.15, -0.1) is 11.3 Å². The Hall–Kier alpha value is -1.94. The molecule has 3 rings (SSSR count). The first-order chi connectivity index (χ1) is 9.54. The fraction of sp³-hybridized carbons (Fsp3) is 0.250. The number of rotatable bonds is 2. The van der Waals surface area contributed by atoms with E-state index in [1.54, 1.807) is 10.9 Å². The van der Waals surface area contributed by atoms with Crippen LogP contribution in [-0.2, 0) is 6.54 Å². The minimum Gasteiger partial charge on any atom is -0.294 e. The summed E-state index contributed by atoms with van der Waals surface area (Å²) in [5, 5.41) is 1.99. The average Bonchev–Trinajstić information content (AvgIpc) is 2.74. The molecule has 0 fully saturated rings. The van der Waals surface area contributed by atoms with Gasteiger partial charge in [-0.1, -0.05) is 29.3 Å². The zero-order valence-electron chi connectivity index (χ0n) is 11.8. The van der Waals surface area contributed by atoms with E-state index < -0.39 is 0 Å². The number of fused-ring (bicyclic) bond motifs is 1. The molecule has 4 heteroatoms. The van der Waals surface area contributed by atoms with Gasteiger partial charge < -0.3 is 0 Å². The van der Waals surface area contributed by atoms with Crippen LogP contribution in [0.1, 0.15) is 22.3 Å². The van der Waals surface area contributed by atoms with E-state index in [1.165, 1.54) is 22.5 Å². The van der Waals surface area contributed by atoms with Crippen molar-refractivity contribution < 1.29 is 0 Å². The van der Waals surface area contributed by atoms with E-state index >= 15 is 0 Å². The monoisotopic (exact) mass is 284 g/mol. The molecule has 0 amide bonds. The van der Waals surface area contributed by atoms with Gasteiger partial charge in [0.25, 0.3) is 5.56 Å². The summed E-state index contributed by atoms with van der Waals surface area (Å²) in [6, 6.07) is 6.36. The molecule has 0 aliphatic carbocycles. The lowest BCUT2D eigenvalue weighted by atomic mass is 10.1. The Morgan fingerprint density at radius 2 is 1.85 bits per heavy atom. The molecule has 0 unspecified atom stereocenters. The first-order valence-corrected chi connectivity index (χ1v) is 7.43. The van der Waals surface area contributed by atoms with Crippen molar-refractivity contribution in [3.05, 3.63) is 62.5 Å². The van der Waals surface area contributed by atoms with Crippen molar-refractivity contribution in [2.45, 2.75) is 27.3 Å². The van der Waals surface area contributed by atoms with Crippen LogP contribution in [0.4, 0.5) is 0 Å². The average molecular weight is 284 g/mol. The summed E-state index contributed by atoms with van der Waals surface area (Å²) in [5.74, 6) is 0. The summed E-state index contributed by atoms with van der Waals surface area (Å²) >= 11 is 1.48. The van der Waals surface area contributed by atoms with Gasteiger partial charge in [-0.25, -0.2) is 4.98 Å². The van der Waals surface area contributed by atoms with Crippen LogP contribution in [-0.4, -0.2) is 9.55 Å². The third-order valence-corrected chi connectivity index (χ3v) is 4.43. The minimum atomic E-state index is 0.0484. The molecule has 3 nitrogen and oxygen atoms in total. The molecule has 0 saturated carbocycles. The molecule has 1 aromatic carbocycles. The van der Waals surface area contributed by atoms with Crippen LogP contribution in [0.2, 0.25) is 0 Å². The molecule has 0 spiro atoms. The highest BCUT2D eigenvalue weighted by molar-refractivity contribution is 7.17. The molecule has 0 bridgehead atoms. The van der Waals surface area contributed by atoms with Crippen molar-refractivity contribution in [2.24, 2.45) is 0 Å². The molecular formula is C16H16N2OS. The molecule has 0 aliphatic heterocycles. The van der Waals surface area contributed by atoms with Gasteiger partial charge in [0.1, 0.15) is 4.70 Å². The lowest BCUT2D eigenvalue weighted by Gasteiger charge is -2.07. The van der Waals surface area contributed by atoms with E-state index in [1.807, 2.05) is 12.3 Å². The quantitative estimate of drug-likeness (QED) is 0.722. The summed E-state index contributed by atoms with van der Waals surface area (Å²) in [4.78, 5) is 16.9. The van der Waals surface area contributed by atoms with Crippen LogP contribution < -0.4 is 5.56 Å². The Morgan fingerprint density at radius 3 is 2.55 bits per heavy atom. The van der Waals surface area contributed by atoms with E-state index in [0.717, 1.165) is 21.3 Å². The van der Waals surface area contributed by atoms with Crippen LogP contribution in [0.3, 0.4) is 0 Å². The molecular weight excluding hydrogens is 268 g/mol. The highest BCUT2D eigenvalue weighted by Crippen LogP contribution is 2.19. The standard InChI is InChI=1S/C16H16N2OS/c1-10-4-11(2)6-13(5-10)7-18-9-17-14-12(3)8-20-15(14)16(18)19/h4-6,8-9H,7H2,1-3H3. The normalized spacial score (nSPS) is 11.2. The smallest absolute Gasteiger partial charge is 0.271 e. The SMILES string of the molecule is Cc1cc(C)cc(Cn2cnc3c(C)csc3c2=O)c1. The Balaban J connectivity index is 2.06. The third kappa shape index (κ3) is 2.27. The summed E-state index contributed by atoms with van der Waals surface area (Å²) in [7, 11) is 0. The second-order valence-corrected chi connectivity index (χ2v) is 6.15. The molecule has 0 aliphatic rings. The van der Waals surface area contributed by atoms with E-state index in [-0.39, 0.29) is 5.56 Å². The first-order valence-electron chi connectivity index (χ1n) is 6.55. The Morgan fingerprint density at radius 1 is 1.15 bits per heavy atom. The van der Waals surface area contributed by atoms with Crippen molar-refractivity contribution in [2.75, 3.05) is 0 Å². The molecule has 3 aromatic rings. The largest absolute Gasteiger partial charge is 0.294 e. The van der Waals surface area contributed by atoms with Crippen LogP contribution in [0, 0.1) is 20.8 Å². The fourth-order valence-electron chi connectivity index (χ4n) is 2.53. The van der Waals surface area contributed by atoms with Crippen LogP contribution in [0.15, 0.2) is 34.7 Å². The molecule has 2 aromatic heterocycles. The van der Waals surface area contributed by atoms with E-state index in [4.69, 9.17) is 0 Å². The maximum atomic E-state index is 12.4. The Labute approximate surface area is 121 Å². The van der Waals surface area contributed by atoms with Crippen LogP contribution in [0.25, 0.3) is 10.2 Å². The Kier molecular flexibility index (Phi) is 3.18. The molecule has 0 atom stereocenters. The summed E-state index contributed by atoms with van der Waals surface area (Å²) in [5.41, 5.74) is 5.52. The predicted molar refractivity (Wildman–Crippen MR) is 83.6 cm³/mol. The second-order valence-electron chi connectivity index (χ2n) is 5.27. The molecule has 0 N–H and O–H groups in total. The third-order valence-electron chi connectivity index (χ3n) is 3.36. The number of hydrogen-bond donors (Lipinski definition) is 0. The molecule has 2 heterocycles. The van der Waals surface area contributed by atoms with Crippen molar-refractivity contribution in [3.8, 4) is 0 Å². The minimum absolute atomic E-state index is 0.0484. The van der Waals surface area contributed by atoms with Crippen molar-refractivity contribution >= 4 is 21.6 Å². The van der Waals surface area contributed by atoms with Gasteiger partial charge in [0.2, 0.25) is 0 Å². The zero-order chi connectivity index (χ0) is 14.3. The number of aryl methyl sites for hydroxylation is 3. The van der Waals surface area contributed by atoms with Gasteiger partial charge in [0.05, 0.1) is 18.4 Å². The number of aromatic nitrogens is 2. The van der Waals surface area contributed by atoms with Gasteiger partial charge in [-0.05, 0) is 37.3 Å². The van der Waals surface area contributed by atoms with Crippen molar-refractivity contribution in [1.29, 1.82) is 0 Å². The predicted octanol–water partition coefficient (Wildman–Crippen LogP) is 3.43. The lowest BCUT2D eigenvalue weighted by molar-refractivity contribution is 0.748. The number of thiophene rings is 1. The van der Waals surface area contributed by atoms with Gasteiger partial charge >= 0.3 is 0 Å². The highest BCUT2D eigenvalue weighted by Gasteiger charge is 2.08. The van der Waals surface area contributed by atoms with E-state index in [9.17, 15) is 4.79 Å². The lowest BCUT2D eigenvalue weighted by Crippen LogP contribution is -2.20. The van der Waals surface area contributed by atoms with Gasteiger partial charge in [-0.2, -0.15) is 0 Å². The van der Waals surface area contributed by atoms with E-state index in [0.29, 0.717) is 6.54 Å². The Bertz CT molecular complexity index is 825. The number of nitrogens with zero attached hydrogens (tertiary/aromatic N) is 2. The number of hydrogen-bond acceptors (Lipinski definition) is 3. The van der Waals surface area contributed by atoms with Crippen molar-refractivity contribution in [1.82, 2.24) is 9.55 Å². The number of benzene rings is 1. The van der Waals surface area contributed by atoms with Gasteiger partial charge in [0, 0.05) is 0 Å². The summed E-state index contributed by atoms with van der Waals surface area (Å²) in [6.07, 6.45) is 1.65. The second kappa shape index (κ2) is 4.87. The molecule has 20 heavy (non-hydrogen) atoms. The maximum absolute atomic E-state index is 12.4. The molecule has 0 radical (unpaired) electrons. The first kappa shape index (κ1) is 13.1. The highest BCUT2D eigenvalue weighted by atomic mass is 32.1.